The Labute approximate surface area is 154 Å². The third-order valence-corrected chi connectivity index (χ3v) is 4.56. The molecule has 0 unspecified atom stereocenters. The number of imidazole rings is 1. The first kappa shape index (κ1) is 17.9. The zero-order valence-electron chi connectivity index (χ0n) is 15.2. The molecule has 0 spiro atoms. The van der Waals surface area contributed by atoms with Gasteiger partial charge in [0.1, 0.15) is 5.82 Å². The van der Waals surface area contributed by atoms with Crippen molar-refractivity contribution in [3.05, 3.63) is 78.1 Å². The van der Waals surface area contributed by atoms with Crippen molar-refractivity contribution >= 4 is 16.9 Å². The van der Waals surface area contributed by atoms with Crippen molar-refractivity contribution in [2.45, 2.75) is 32.7 Å². The molecule has 4 heteroatoms. The maximum atomic E-state index is 12.1. The maximum absolute atomic E-state index is 12.1. The van der Waals surface area contributed by atoms with Crippen LogP contribution in [-0.4, -0.2) is 22.0 Å². The summed E-state index contributed by atoms with van der Waals surface area (Å²) >= 11 is 0. The number of amides is 1. The molecule has 0 aliphatic carbocycles. The maximum Gasteiger partial charge on any atom is 0.224 e. The average molecular weight is 347 g/mol. The third kappa shape index (κ3) is 4.20. The lowest BCUT2D eigenvalue weighted by Crippen LogP contribution is -2.26. The highest BCUT2D eigenvalue weighted by Gasteiger charge is 2.10. The molecule has 1 heterocycles. The summed E-state index contributed by atoms with van der Waals surface area (Å²) in [4.78, 5) is 16.9. The average Bonchev–Trinajstić information content (AvgIpc) is 2.99. The van der Waals surface area contributed by atoms with Gasteiger partial charge in [-0.05, 0) is 36.6 Å². The van der Waals surface area contributed by atoms with Crippen LogP contribution in [0.1, 0.15) is 23.4 Å². The molecule has 0 radical (unpaired) electrons. The van der Waals surface area contributed by atoms with Crippen molar-refractivity contribution in [1.82, 2.24) is 14.9 Å². The highest BCUT2D eigenvalue weighted by atomic mass is 16.1. The number of nitrogens with zero attached hydrogens (tertiary/aromatic N) is 2. The number of para-hydroxylation sites is 2. The zero-order valence-corrected chi connectivity index (χ0v) is 15.2. The van der Waals surface area contributed by atoms with Crippen molar-refractivity contribution in [3.63, 3.8) is 0 Å². The van der Waals surface area contributed by atoms with Crippen molar-refractivity contribution < 1.29 is 4.79 Å². The van der Waals surface area contributed by atoms with Gasteiger partial charge in [-0.25, -0.2) is 4.98 Å². The van der Waals surface area contributed by atoms with Gasteiger partial charge >= 0.3 is 0 Å². The standard InChI is InChI=1S/C22H25N3O/c1-3-15-25-20-12-7-6-11-19(20)24-21(25)13-8-14-23-22(26)16-18-10-5-4-9-17(18)2/h3-7,9-12H,1,8,13-16H2,2H3,(H,23,26). The van der Waals surface area contributed by atoms with Gasteiger partial charge in [0.05, 0.1) is 17.5 Å². The van der Waals surface area contributed by atoms with E-state index in [-0.39, 0.29) is 5.91 Å². The van der Waals surface area contributed by atoms with Gasteiger partial charge in [0, 0.05) is 19.5 Å². The van der Waals surface area contributed by atoms with Crippen molar-refractivity contribution in [2.75, 3.05) is 6.54 Å². The Morgan fingerprint density at radius 3 is 2.77 bits per heavy atom. The van der Waals surface area contributed by atoms with E-state index in [1.54, 1.807) is 0 Å². The fourth-order valence-electron chi connectivity index (χ4n) is 3.17. The second-order valence-electron chi connectivity index (χ2n) is 6.47. The topological polar surface area (TPSA) is 46.9 Å². The number of hydrogen-bond acceptors (Lipinski definition) is 2. The Morgan fingerprint density at radius 1 is 1.19 bits per heavy atom. The van der Waals surface area contributed by atoms with Crippen LogP contribution >= 0.6 is 0 Å². The molecule has 0 saturated heterocycles. The number of aromatic nitrogens is 2. The van der Waals surface area contributed by atoms with Gasteiger partial charge in [-0.1, -0.05) is 42.5 Å². The Hall–Kier alpha value is -2.88. The van der Waals surface area contributed by atoms with E-state index in [1.807, 2.05) is 55.5 Å². The Morgan fingerprint density at radius 2 is 1.96 bits per heavy atom. The van der Waals surface area contributed by atoms with E-state index in [4.69, 9.17) is 4.98 Å². The second kappa shape index (κ2) is 8.48. The minimum Gasteiger partial charge on any atom is -0.356 e. The van der Waals surface area contributed by atoms with Crippen LogP contribution in [0.2, 0.25) is 0 Å². The molecule has 0 fully saturated rings. The lowest BCUT2D eigenvalue weighted by Gasteiger charge is -2.08. The first-order valence-electron chi connectivity index (χ1n) is 9.05. The molecule has 134 valence electrons. The summed E-state index contributed by atoms with van der Waals surface area (Å²) in [6, 6.07) is 16.1. The lowest BCUT2D eigenvalue weighted by molar-refractivity contribution is -0.120. The van der Waals surface area contributed by atoms with Crippen LogP contribution in [0, 0.1) is 6.92 Å². The molecule has 0 saturated carbocycles. The zero-order chi connectivity index (χ0) is 18.4. The van der Waals surface area contributed by atoms with Gasteiger partial charge in [0.2, 0.25) is 5.91 Å². The summed E-state index contributed by atoms with van der Waals surface area (Å²) in [6.07, 6.45) is 4.01. The molecule has 0 bridgehead atoms. The fourth-order valence-corrected chi connectivity index (χ4v) is 3.17. The molecular weight excluding hydrogens is 322 g/mol. The molecule has 0 aliphatic heterocycles. The van der Waals surface area contributed by atoms with Crippen molar-refractivity contribution in [1.29, 1.82) is 0 Å². The first-order valence-corrected chi connectivity index (χ1v) is 9.05. The number of fused-ring (bicyclic) bond motifs is 1. The predicted octanol–water partition coefficient (Wildman–Crippen LogP) is 3.82. The minimum atomic E-state index is 0.0684. The molecule has 3 aromatic rings. The van der Waals surface area contributed by atoms with Crippen LogP contribution in [0.3, 0.4) is 0 Å². The largest absolute Gasteiger partial charge is 0.356 e. The third-order valence-electron chi connectivity index (χ3n) is 4.56. The van der Waals surface area contributed by atoms with Gasteiger partial charge in [-0.3, -0.25) is 4.79 Å². The van der Waals surface area contributed by atoms with Crippen LogP contribution in [0.15, 0.2) is 61.2 Å². The van der Waals surface area contributed by atoms with E-state index in [0.29, 0.717) is 13.0 Å². The summed E-state index contributed by atoms with van der Waals surface area (Å²) < 4.78 is 2.19. The second-order valence-corrected chi connectivity index (χ2v) is 6.47. The predicted molar refractivity (Wildman–Crippen MR) is 106 cm³/mol. The van der Waals surface area contributed by atoms with Crippen LogP contribution in [-0.2, 0) is 24.2 Å². The van der Waals surface area contributed by atoms with Crippen LogP contribution in [0.25, 0.3) is 11.0 Å². The highest BCUT2D eigenvalue weighted by molar-refractivity contribution is 5.79. The molecule has 4 nitrogen and oxygen atoms in total. The molecule has 3 rings (SSSR count). The lowest BCUT2D eigenvalue weighted by atomic mass is 10.1. The Kier molecular flexibility index (Phi) is 5.84. The van der Waals surface area contributed by atoms with E-state index in [2.05, 4.69) is 22.5 Å². The Bertz CT molecular complexity index is 911. The van der Waals surface area contributed by atoms with E-state index in [9.17, 15) is 4.79 Å². The number of nitrogens with one attached hydrogen (secondary N) is 1. The number of aryl methyl sites for hydroxylation is 2. The van der Waals surface area contributed by atoms with Gasteiger partial charge in [-0.15, -0.1) is 6.58 Å². The van der Waals surface area contributed by atoms with E-state index in [0.717, 1.165) is 47.4 Å². The quantitative estimate of drug-likeness (QED) is 0.497. The highest BCUT2D eigenvalue weighted by Crippen LogP contribution is 2.17. The normalized spacial score (nSPS) is 10.8. The summed E-state index contributed by atoms with van der Waals surface area (Å²) in [6.45, 7) is 7.28. The van der Waals surface area contributed by atoms with Crippen LogP contribution < -0.4 is 5.32 Å². The van der Waals surface area contributed by atoms with E-state index < -0.39 is 0 Å². The number of allylic oxidation sites excluding steroid dienone is 1. The molecule has 1 amide bonds. The smallest absolute Gasteiger partial charge is 0.224 e. The summed E-state index contributed by atoms with van der Waals surface area (Å²) in [7, 11) is 0. The fraction of sp³-hybridized carbons (Fsp3) is 0.273. The number of hydrogen-bond donors (Lipinski definition) is 1. The molecule has 1 N–H and O–H groups in total. The molecular formula is C22H25N3O. The number of carbonyl (C=O) groups excluding carboxylic acids is 1. The van der Waals surface area contributed by atoms with E-state index in [1.165, 1.54) is 0 Å². The van der Waals surface area contributed by atoms with Gasteiger partial charge in [-0.2, -0.15) is 0 Å². The molecule has 26 heavy (non-hydrogen) atoms. The van der Waals surface area contributed by atoms with Crippen molar-refractivity contribution in [3.8, 4) is 0 Å². The van der Waals surface area contributed by atoms with Gasteiger partial charge in [0.15, 0.2) is 0 Å². The molecule has 2 aromatic carbocycles. The molecule has 1 aromatic heterocycles. The summed E-state index contributed by atoms with van der Waals surface area (Å²) in [5, 5.41) is 3.02. The number of benzene rings is 2. The SMILES string of the molecule is C=CCn1c(CCCNC(=O)Cc2ccccc2C)nc2ccccc21. The Balaban J connectivity index is 1.54. The van der Waals surface area contributed by atoms with Gasteiger partial charge in [0.25, 0.3) is 0 Å². The number of rotatable bonds is 8. The van der Waals surface area contributed by atoms with Crippen LogP contribution in [0.4, 0.5) is 0 Å². The number of carbonyl (C=O) groups is 1. The molecule has 0 aliphatic rings. The monoisotopic (exact) mass is 347 g/mol. The van der Waals surface area contributed by atoms with Crippen molar-refractivity contribution in [2.24, 2.45) is 0 Å². The first-order chi connectivity index (χ1) is 12.7. The molecule has 0 atom stereocenters. The summed E-state index contributed by atoms with van der Waals surface area (Å²) in [5.74, 6) is 1.11. The van der Waals surface area contributed by atoms with Crippen LogP contribution in [0.5, 0.6) is 0 Å². The summed E-state index contributed by atoms with van der Waals surface area (Å²) in [5.41, 5.74) is 4.37. The minimum absolute atomic E-state index is 0.0684. The van der Waals surface area contributed by atoms with Gasteiger partial charge < -0.3 is 9.88 Å². The van der Waals surface area contributed by atoms with E-state index >= 15 is 0 Å².